The van der Waals surface area contributed by atoms with Crippen molar-refractivity contribution >= 4 is 27.2 Å². The first-order chi connectivity index (χ1) is 3.79. The van der Waals surface area contributed by atoms with Gasteiger partial charge in [0.1, 0.15) is 0 Å². The van der Waals surface area contributed by atoms with Crippen LogP contribution in [0.25, 0.3) is 0 Å². The van der Waals surface area contributed by atoms with E-state index in [1.807, 2.05) is 0 Å². The second-order valence-electron chi connectivity index (χ2n) is 2.15. The van der Waals surface area contributed by atoms with Crippen LogP contribution in [0.15, 0.2) is 0 Å². The number of hydrogen-bond donors (Lipinski definition) is 0. The second kappa shape index (κ2) is 2.52. The summed E-state index contributed by atoms with van der Waals surface area (Å²) in [6, 6.07) is 0. The first-order valence-electron chi connectivity index (χ1n) is 2.82. The molecule has 8 heavy (non-hydrogen) atoms. The predicted molar refractivity (Wildman–Crippen MR) is 41.3 cm³/mol. The van der Waals surface area contributed by atoms with E-state index in [-0.39, 0.29) is 0 Å². The molecule has 0 saturated heterocycles. The molecule has 1 aromatic rings. The molecule has 1 aromatic heterocycles. The summed E-state index contributed by atoms with van der Waals surface area (Å²) in [5, 5.41) is 2.66. The van der Waals surface area contributed by atoms with Crippen LogP contribution < -0.4 is 0 Å². The number of hydrogen-bond acceptors (Lipinski definition) is 0. The number of rotatable bonds is 0. The van der Waals surface area contributed by atoms with Crippen LogP contribution >= 0.6 is 0 Å². The van der Waals surface area contributed by atoms with Gasteiger partial charge >= 0.3 is 51.7 Å². The monoisotopic (exact) mass is 98.1 g/mol. The fourth-order valence-corrected chi connectivity index (χ4v) is 0.637. The van der Waals surface area contributed by atoms with Crippen LogP contribution in [0, 0.1) is 13.8 Å². The van der Waals surface area contributed by atoms with Gasteiger partial charge in [-0.2, -0.15) is 0 Å². The van der Waals surface area contributed by atoms with Crippen molar-refractivity contribution in [2.45, 2.75) is 13.8 Å². The second-order valence-corrected chi connectivity index (χ2v) is 2.15. The molecule has 0 saturated carbocycles. The van der Waals surface area contributed by atoms with Gasteiger partial charge in [-0.3, -0.25) is 0 Å². The van der Waals surface area contributed by atoms with Gasteiger partial charge in [-0.25, -0.2) is 0 Å². The van der Waals surface area contributed by atoms with E-state index in [9.17, 15) is 0 Å². The Morgan fingerprint density at radius 3 is 1.25 bits per heavy atom. The third-order valence-electron chi connectivity index (χ3n) is 1.22. The Labute approximate surface area is 52.5 Å². The Hall–Kier alpha value is -0.000260. The third-order valence-corrected chi connectivity index (χ3v) is 1.22. The molecule has 0 fully saturated rings. The Morgan fingerprint density at radius 2 is 1.00 bits per heavy atom. The first-order valence-corrected chi connectivity index (χ1v) is 2.82. The van der Waals surface area contributed by atoms with E-state index < -0.39 is 0 Å². The molecule has 0 amide bonds. The van der Waals surface area contributed by atoms with Gasteiger partial charge in [0.2, 0.25) is 0 Å². The molecule has 0 aliphatic carbocycles. The Kier molecular flexibility index (Phi) is 1.93. The summed E-state index contributed by atoms with van der Waals surface area (Å²) in [7, 11) is 0. The summed E-state index contributed by atoms with van der Waals surface area (Å²) in [5.74, 6) is 0. The Balaban J connectivity index is 3.03. The van der Waals surface area contributed by atoms with Gasteiger partial charge in [0, 0.05) is 0 Å². The van der Waals surface area contributed by atoms with Crippen LogP contribution in [0.4, 0.5) is 0 Å². The standard InChI is InChI=1S/C4H6B4/c1-3-5-7-4(2)8-6-3/h1-2H3. The molecule has 0 aliphatic heterocycles. The summed E-state index contributed by atoms with van der Waals surface area (Å²) in [6.45, 7) is 12.7. The minimum absolute atomic E-state index is 1.33. The van der Waals surface area contributed by atoms with E-state index in [4.69, 9.17) is 0 Å². The van der Waals surface area contributed by atoms with Crippen LogP contribution in [0.1, 0.15) is 10.7 Å². The average molecular weight is 97.3 g/mol. The molecule has 0 aliphatic rings. The van der Waals surface area contributed by atoms with E-state index in [0.29, 0.717) is 0 Å². The molecule has 34 valence electrons. The van der Waals surface area contributed by atoms with E-state index in [1.54, 1.807) is 0 Å². The minimum atomic E-state index is 1.33. The van der Waals surface area contributed by atoms with Crippen molar-refractivity contribution in [2.24, 2.45) is 0 Å². The molecular weight excluding hydrogens is 91.3 g/mol. The van der Waals surface area contributed by atoms with Gasteiger partial charge in [-0.05, 0) is 0 Å². The molecular formula is C4H6B4. The zero-order chi connectivity index (χ0) is 5.98. The van der Waals surface area contributed by atoms with Gasteiger partial charge in [-0.1, -0.05) is 0 Å². The van der Waals surface area contributed by atoms with Gasteiger partial charge in [-0.15, -0.1) is 0 Å². The molecule has 0 unspecified atom stereocenters. The van der Waals surface area contributed by atoms with Crippen molar-refractivity contribution in [1.29, 1.82) is 0 Å². The average Bonchev–Trinajstić information content (AvgIpc) is 1.77. The summed E-state index contributed by atoms with van der Waals surface area (Å²) in [5.41, 5.74) is 0. The summed E-state index contributed by atoms with van der Waals surface area (Å²) in [4.78, 5) is 0. The Morgan fingerprint density at radius 1 is 0.750 bits per heavy atom. The summed E-state index contributed by atoms with van der Waals surface area (Å²) >= 11 is 0. The fraction of sp³-hybridized carbons (Fsp3) is 0.500. The van der Waals surface area contributed by atoms with Crippen molar-refractivity contribution in [3.8, 4) is 0 Å². The van der Waals surface area contributed by atoms with E-state index in [1.165, 1.54) is 10.7 Å². The van der Waals surface area contributed by atoms with Crippen LogP contribution in [0.2, 0.25) is 0 Å². The van der Waals surface area contributed by atoms with Crippen molar-refractivity contribution in [1.82, 2.24) is 0 Å². The molecule has 0 atom stereocenters. The topological polar surface area (TPSA) is 0 Å². The van der Waals surface area contributed by atoms with Gasteiger partial charge < -0.3 is 0 Å². The first kappa shape index (κ1) is 6.12. The molecule has 0 nitrogen and oxygen atoms in total. The van der Waals surface area contributed by atoms with E-state index in [2.05, 4.69) is 41.0 Å². The molecule has 1 heterocycles. The van der Waals surface area contributed by atoms with Crippen molar-refractivity contribution in [3.63, 3.8) is 0 Å². The van der Waals surface area contributed by atoms with Crippen LogP contribution in [-0.4, -0.2) is 27.2 Å². The SMILES string of the molecule is Cc1bbc(C)bb1. The molecule has 0 radical (unpaired) electrons. The van der Waals surface area contributed by atoms with Gasteiger partial charge in [0.15, 0.2) is 0 Å². The maximum atomic E-state index is 2.12. The fourth-order valence-electron chi connectivity index (χ4n) is 0.637. The summed E-state index contributed by atoms with van der Waals surface area (Å²) in [6.07, 6.45) is 0. The Bertz CT molecular complexity index is 147. The van der Waals surface area contributed by atoms with Crippen LogP contribution in [0.3, 0.4) is 0 Å². The zero-order valence-electron chi connectivity index (χ0n) is 5.31. The zero-order valence-corrected chi connectivity index (χ0v) is 5.31. The van der Waals surface area contributed by atoms with Gasteiger partial charge in [0.25, 0.3) is 0 Å². The number of aryl methyl sites for hydroxylation is 2. The predicted octanol–water partition coefficient (Wildman–Crippen LogP) is -0.344. The molecule has 0 aromatic carbocycles. The molecule has 4 heteroatoms. The normalized spacial score (nSPS) is 7.25. The summed E-state index contributed by atoms with van der Waals surface area (Å²) < 4.78 is 0. The molecule has 0 bridgehead atoms. The molecule has 0 N–H and O–H groups in total. The third kappa shape index (κ3) is 1.50. The molecule has 0 spiro atoms. The van der Waals surface area contributed by atoms with Crippen molar-refractivity contribution in [3.05, 3.63) is 10.7 Å². The van der Waals surface area contributed by atoms with Crippen LogP contribution in [-0.2, 0) is 0 Å². The van der Waals surface area contributed by atoms with Crippen molar-refractivity contribution in [2.75, 3.05) is 0 Å². The van der Waals surface area contributed by atoms with E-state index in [0.717, 1.165) is 0 Å². The van der Waals surface area contributed by atoms with E-state index >= 15 is 0 Å². The molecule has 1 rings (SSSR count). The quantitative estimate of drug-likeness (QED) is 0.415. The van der Waals surface area contributed by atoms with Crippen LogP contribution in [0.5, 0.6) is 0 Å². The van der Waals surface area contributed by atoms with Gasteiger partial charge in [0.05, 0.1) is 0 Å². The maximum absolute atomic E-state index is 2.12. The van der Waals surface area contributed by atoms with Crippen molar-refractivity contribution < 1.29 is 0 Å².